The van der Waals surface area contributed by atoms with Crippen molar-refractivity contribution in [3.63, 3.8) is 0 Å². The Balaban J connectivity index is 3.71. The van der Waals surface area contributed by atoms with Crippen molar-refractivity contribution in [2.24, 2.45) is 11.7 Å². The second kappa shape index (κ2) is 10.5. The molecular formula is C12H24N2O2S. The van der Waals surface area contributed by atoms with Gasteiger partial charge in [-0.15, -0.1) is 0 Å². The van der Waals surface area contributed by atoms with Gasteiger partial charge in [0.05, 0.1) is 10.9 Å². The van der Waals surface area contributed by atoms with Crippen molar-refractivity contribution in [3.05, 3.63) is 0 Å². The summed E-state index contributed by atoms with van der Waals surface area (Å²) in [6, 6.07) is 0. The fourth-order valence-electron chi connectivity index (χ4n) is 1.45. The molecule has 0 aromatic rings. The third kappa shape index (κ3) is 8.10. The largest absolute Gasteiger partial charge is 0.393 e. The first-order valence-electron chi connectivity index (χ1n) is 6.28. The highest BCUT2D eigenvalue weighted by atomic mass is 32.1. The third-order valence-electron chi connectivity index (χ3n) is 2.35. The van der Waals surface area contributed by atoms with Crippen LogP contribution in [-0.4, -0.2) is 30.7 Å². The molecule has 17 heavy (non-hydrogen) atoms. The van der Waals surface area contributed by atoms with Crippen molar-refractivity contribution < 1.29 is 9.53 Å². The zero-order valence-corrected chi connectivity index (χ0v) is 11.6. The molecule has 3 N–H and O–H groups in total. The van der Waals surface area contributed by atoms with Crippen molar-refractivity contribution in [2.75, 3.05) is 19.8 Å². The fraction of sp³-hybridized carbons (Fsp3) is 0.833. The Hall–Kier alpha value is -0.680. The van der Waals surface area contributed by atoms with Crippen LogP contribution in [0.15, 0.2) is 0 Å². The summed E-state index contributed by atoms with van der Waals surface area (Å²) < 4.78 is 5.32. The van der Waals surface area contributed by atoms with Gasteiger partial charge in [0.1, 0.15) is 0 Å². The molecule has 0 aliphatic heterocycles. The molecule has 4 nitrogen and oxygen atoms in total. The van der Waals surface area contributed by atoms with E-state index in [1.54, 1.807) is 0 Å². The van der Waals surface area contributed by atoms with Gasteiger partial charge in [0.2, 0.25) is 5.91 Å². The van der Waals surface area contributed by atoms with Gasteiger partial charge >= 0.3 is 0 Å². The molecule has 0 saturated carbocycles. The van der Waals surface area contributed by atoms with Gasteiger partial charge in [-0.3, -0.25) is 4.79 Å². The van der Waals surface area contributed by atoms with Crippen molar-refractivity contribution >= 4 is 23.1 Å². The SMILES string of the molecule is CCCOCCCNC(=O)C(CCC)C(N)=S. The van der Waals surface area contributed by atoms with Gasteiger partial charge in [-0.25, -0.2) is 0 Å². The molecule has 0 radical (unpaired) electrons. The molecule has 0 aliphatic carbocycles. The lowest BCUT2D eigenvalue weighted by Crippen LogP contribution is -2.38. The first-order valence-corrected chi connectivity index (χ1v) is 6.69. The van der Waals surface area contributed by atoms with Crippen LogP contribution in [0.25, 0.3) is 0 Å². The van der Waals surface area contributed by atoms with Gasteiger partial charge in [-0.2, -0.15) is 0 Å². The predicted octanol–water partition coefficient (Wildman–Crippen LogP) is 1.62. The van der Waals surface area contributed by atoms with Crippen LogP contribution in [-0.2, 0) is 9.53 Å². The van der Waals surface area contributed by atoms with E-state index in [0.29, 0.717) is 19.6 Å². The molecule has 0 heterocycles. The number of nitrogens with two attached hydrogens (primary N) is 1. The minimum Gasteiger partial charge on any atom is -0.393 e. The molecule has 0 aromatic carbocycles. The minimum atomic E-state index is -0.327. The second-order valence-electron chi connectivity index (χ2n) is 4.00. The van der Waals surface area contributed by atoms with Crippen LogP contribution in [0.2, 0.25) is 0 Å². The van der Waals surface area contributed by atoms with Gasteiger partial charge < -0.3 is 15.8 Å². The average molecular weight is 260 g/mol. The van der Waals surface area contributed by atoms with Gasteiger partial charge in [-0.1, -0.05) is 32.5 Å². The van der Waals surface area contributed by atoms with Crippen LogP contribution in [0.1, 0.15) is 39.5 Å². The smallest absolute Gasteiger partial charge is 0.229 e. The van der Waals surface area contributed by atoms with Crippen molar-refractivity contribution in [2.45, 2.75) is 39.5 Å². The maximum atomic E-state index is 11.7. The Kier molecular flexibility index (Phi) is 10.1. The summed E-state index contributed by atoms with van der Waals surface area (Å²) in [5, 5.41) is 2.84. The van der Waals surface area contributed by atoms with Crippen LogP contribution >= 0.6 is 12.2 Å². The van der Waals surface area contributed by atoms with E-state index < -0.39 is 0 Å². The minimum absolute atomic E-state index is 0.0603. The van der Waals surface area contributed by atoms with Gasteiger partial charge in [0.25, 0.3) is 0 Å². The maximum absolute atomic E-state index is 11.7. The molecule has 1 atom stereocenters. The topological polar surface area (TPSA) is 64.3 Å². The van der Waals surface area contributed by atoms with E-state index in [9.17, 15) is 4.79 Å². The van der Waals surface area contributed by atoms with E-state index in [1.807, 2.05) is 6.92 Å². The summed E-state index contributed by atoms with van der Waals surface area (Å²) in [7, 11) is 0. The molecule has 100 valence electrons. The predicted molar refractivity (Wildman–Crippen MR) is 73.9 cm³/mol. The third-order valence-corrected chi connectivity index (χ3v) is 2.63. The number of hydrogen-bond donors (Lipinski definition) is 2. The van der Waals surface area contributed by atoms with E-state index >= 15 is 0 Å². The molecule has 0 aliphatic rings. The number of amides is 1. The number of carbonyl (C=O) groups is 1. The Labute approximate surface area is 109 Å². The molecular weight excluding hydrogens is 236 g/mol. The molecule has 5 heteroatoms. The Bertz CT molecular complexity index is 235. The molecule has 0 saturated heterocycles. The summed E-state index contributed by atoms with van der Waals surface area (Å²) in [5.41, 5.74) is 5.54. The molecule has 0 aromatic heterocycles. The van der Waals surface area contributed by atoms with E-state index in [4.69, 9.17) is 22.7 Å². The van der Waals surface area contributed by atoms with Crippen LogP contribution in [0.4, 0.5) is 0 Å². The van der Waals surface area contributed by atoms with Crippen molar-refractivity contribution in [3.8, 4) is 0 Å². The summed E-state index contributed by atoms with van der Waals surface area (Å²) in [5.74, 6) is -0.388. The zero-order chi connectivity index (χ0) is 13.1. The Morgan fingerprint density at radius 1 is 1.35 bits per heavy atom. The molecule has 1 amide bonds. The number of ether oxygens (including phenoxy) is 1. The second-order valence-corrected chi connectivity index (χ2v) is 4.47. The molecule has 0 fully saturated rings. The van der Waals surface area contributed by atoms with Gasteiger partial charge in [0.15, 0.2) is 0 Å². The highest BCUT2D eigenvalue weighted by molar-refractivity contribution is 7.80. The molecule has 0 rings (SSSR count). The van der Waals surface area contributed by atoms with E-state index in [-0.39, 0.29) is 16.8 Å². The normalized spacial score (nSPS) is 12.1. The number of hydrogen-bond acceptors (Lipinski definition) is 3. The summed E-state index contributed by atoms with van der Waals surface area (Å²) in [4.78, 5) is 12.0. The van der Waals surface area contributed by atoms with E-state index in [2.05, 4.69) is 12.2 Å². The standard InChI is InChI=1S/C12H24N2O2S/c1-3-6-10(11(13)17)12(15)14-7-5-9-16-8-4-2/h10H,3-9H2,1-2H3,(H2,13,17)(H,14,15). The summed E-state index contributed by atoms with van der Waals surface area (Å²) in [6.45, 7) is 6.15. The van der Waals surface area contributed by atoms with Crippen LogP contribution < -0.4 is 11.1 Å². The monoisotopic (exact) mass is 260 g/mol. The highest BCUT2D eigenvalue weighted by Crippen LogP contribution is 2.06. The quantitative estimate of drug-likeness (QED) is 0.463. The number of thiocarbonyl (C=S) groups is 1. The average Bonchev–Trinajstić information content (AvgIpc) is 2.29. The van der Waals surface area contributed by atoms with Gasteiger partial charge in [-0.05, 0) is 19.3 Å². The summed E-state index contributed by atoms with van der Waals surface area (Å²) >= 11 is 4.89. The lowest BCUT2D eigenvalue weighted by Gasteiger charge is -2.14. The Morgan fingerprint density at radius 3 is 2.59 bits per heavy atom. The van der Waals surface area contributed by atoms with Crippen molar-refractivity contribution in [1.82, 2.24) is 5.32 Å². The molecule has 0 spiro atoms. The maximum Gasteiger partial charge on any atom is 0.229 e. The number of rotatable bonds is 10. The first-order chi connectivity index (χ1) is 8.13. The van der Waals surface area contributed by atoms with Gasteiger partial charge in [0, 0.05) is 19.8 Å². The fourth-order valence-corrected chi connectivity index (χ4v) is 1.67. The lowest BCUT2D eigenvalue weighted by atomic mass is 10.0. The zero-order valence-electron chi connectivity index (χ0n) is 10.8. The Morgan fingerprint density at radius 2 is 2.06 bits per heavy atom. The summed E-state index contributed by atoms with van der Waals surface area (Å²) in [6.07, 6.45) is 3.46. The van der Waals surface area contributed by atoms with Crippen LogP contribution in [0.5, 0.6) is 0 Å². The highest BCUT2D eigenvalue weighted by Gasteiger charge is 2.19. The van der Waals surface area contributed by atoms with E-state index in [0.717, 1.165) is 25.9 Å². The lowest BCUT2D eigenvalue weighted by molar-refractivity contribution is -0.123. The van der Waals surface area contributed by atoms with Crippen molar-refractivity contribution in [1.29, 1.82) is 0 Å². The van der Waals surface area contributed by atoms with E-state index in [1.165, 1.54) is 0 Å². The molecule has 1 unspecified atom stereocenters. The number of nitrogens with one attached hydrogen (secondary N) is 1. The van der Waals surface area contributed by atoms with Crippen LogP contribution in [0, 0.1) is 5.92 Å². The van der Waals surface area contributed by atoms with Crippen LogP contribution in [0.3, 0.4) is 0 Å². The first kappa shape index (κ1) is 16.3. The number of carbonyl (C=O) groups excluding carboxylic acids is 1. The molecule has 0 bridgehead atoms.